The Morgan fingerprint density at radius 1 is 0.606 bits per heavy atom. The molecule has 0 radical (unpaired) electrons. The number of alkyl carbamates (subject to hydrolysis) is 2. The second-order valence-corrected chi connectivity index (χ2v) is 17.9. The molecule has 356 valence electrons. The highest BCUT2D eigenvalue weighted by Gasteiger charge is 2.35. The number of carboxylic acids is 1. The largest absolute Gasteiger partial charge is 0.479 e. The first-order valence-corrected chi connectivity index (χ1v) is 23.0. The van der Waals surface area contributed by atoms with Crippen molar-refractivity contribution < 1.29 is 38.5 Å². The van der Waals surface area contributed by atoms with E-state index < -0.39 is 41.5 Å². The maximum absolute atomic E-state index is 13.8. The van der Waals surface area contributed by atoms with Gasteiger partial charge in [-0.2, -0.15) is 0 Å². The van der Waals surface area contributed by atoms with Gasteiger partial charge in [0.15, 0.2) is 6.04 Å². The van der Waals surface area contributed by atoms with Gasteiger partial charge in [0.25, 0.3) is 0 Å². The number of carboxylic acid groups (broad SMARTS) is 1. The molecule has 71 heavy (non-hydrogen) atoms. The Kier molecular flexibility index (Phi) is 14.4. The van der Waals surface area contributed by atoms with Crippen molar-refractivity contribution in [2.24, 2.45) is 4.99 Å². The average Bonchev–Trinajstić information content (AvgIpc) is 3.69. The first-order valence-electron chi connectivity index (χ1n) is 23.0. The zero-order valence-corrected chi connectivity index (χ0v) is 39.7. The summed E-state index contributed by atoms with van der Waals surface area (Å²) in [6.45, 7) is 6.53. The molecule has 8 rings (SSSR count). The lowest BCUT2D eigenvalue weighted by Gasteiger charge is -2.28. The van der Waals surface area contributed by atoms with E-state index in [9.17, 15) is 24.3 Å². The van der Waals surface area contributed by atoms with Crippen LogP contribution in [0.2, 0.25) is 0 Å². The van der Waals surface area contributed by atoms with E-state index in [1.807, 2.05) is 158 Å². The van der Waals surface area contributed by atoms with Gasteiger partial charge >= 0.3 is 24.2 Å². The molecule has 0 bridgehead atoms. The van der Waals surface area contributed by atoms with Crippen molar-refractivity contribution in [1.82, 2.24) is 15.5 Å². The van der Waals surface area contributed by atoms with Crippen LogP contribution >= 0.6 is 0 Å². The van der Waals surface area contributed by atoms with E-state index in [0.717, 1.165) is 49.4 Å². The van der Waals surface area contributed by atoms with Crippen LogP contribution in [-0.2, 0) is 30.2 Å². The van der Waals surface area contributed by atoms with Gasteiger partial charge in [0, 0.05) is 5.92 Å². The summed E-state index contributed by atoms with van der Waals surface area (Å²) in [5.74, 6) is 0.431. The molecule has 0 spiro atoms. The lowest BCUT2D eigenvalue weighted by Crippen LogP contribution is -2.47. The number of amides is 3. The van der Waals surface area contributed by atoms with Gasteiger partial charge in [0.05, 0.1) is 12.2 Å². The number of nitrogens with one attached hydrogen (secondary N) is 2. The van der Waals surface area contributed by atoms with Gasteiger partial charge in [-0.3, -0.25) is 15.5 Å². The summed E-state index contributed by atoms with van der Waals surface area (Å²) in [6, 6.07) is 55.1. The number of carbonyl (C=O) groups is 4. The number of nitrogens with zero attached hydrogens (tertiary/aromatic N) is 2. The lowest BCUT2D eigenvalue weighted by atomic mass is 9.95. The molecule has 7 aromatic rings. The number of fused-ring (bicyclic) bond motifs is 3. The van der Waals surface area contributed by atoms with Crippen LogP contribution in [0.15, 0.2) is 187 Å². The number of aliphatic imine (C=N–C) groups is 1. The van der Waals surface area contributed by atoms with E-state index in [-0.39, 0.29) is 36.3 Å². The van der Waals surface area contributed by atoms with Crippen LogP contribution in [0.4, 0.5) is 20.1 Å². The molecule has 12 nitrogen and oxygen atoms in total. The normalized spacial score (nSPS) is 12.2. The number of hydrogen-bond donors (Lipinski definition) is 3. The molecular formula is C59H52N4O8. The fourth-order valence-corrected chi connectivity index (χ4v) is 8.65. The molecule has 0 saturated heterocycles. The first-order chi connectivity index (χ1) is 34.2. The minimum absolute atomic E-state index is 0.0446. The number of hydrogen-bond acceptors (Lipinski definition) is 8. The molecule has 3 N–H and O–H groups in total. The fourth-order valence-electron chi connectivity index (χ4n) is 8.65. The van der Waals surface area contributed by atoms with Gasteiger partial charge < -0.3 is 19.3 Å². The van der Waals surface area contributed by atoms with Crippen molar-refractivity contribution in [3.8, 4) is 45.7 Å². The summed E-state index contributed by atoms with van der Waals surface area (Å²) >= 11 is 0. The summed E-state index contributed by atoms with van der Waals surface area (Å²) in [5.41, 5.74) is 7.64. The van der Waals surface area contributed by atoms with E-state index in [1.54, 1.807) is 27.7 Å². The molecule has 0 aromatic heterocycles. The SMILES string of the molecule is C#CCN(C(=O)OCC1c2ccccc2-c2ccccc21)C(C(=O)O)c1ccc(N=C(NC(=O)OC(C)(C)c2ccc(-c3ccccc3)cc2)NC(=O)OC(C)(C)c2ccc(-c3ccccc3)cc2)cc1. The molecule has 0 heterocycles. The Bertz CT molecular complexity index is 2950. The van der Waals surface area contributed by atoms with Gasteiger partial charge in [-0.1, -0.05) is 176 Å². The zero-order valence-electron chi connectivity index (χ0n) is 39.7. The highest BCUT2D eigenvalue weighted by molar-refractivity contribution is 6.02. The monoisotopic (exact) mass is 944 g/mol. The van der Waals surface area contributed by atoms with E-state index in [0.29, 0.717) is 11.1 Å². The highest BCUT2D eigenvalue weighted by atomic mass is 16.6. The number of ether oxygens (including phenoxy) is 3. The minimum Gasteiger partial charge on any atom is -0.479 e. The molecule has 1 unspecified atom stereocenters. The maximum atomic E-state index is 13.8. The number of aliphatic carboxylic acids is 1. The van der Waals surface area contributed by atoms with Crippen molar-refractivity contribution in [3.05, 3.63) is 210 Å². The minimum atomic E-state index is -1.55. The lowest BCUT2D eigenvalue weighted by molar-refractivity contribution is -0.142. The Morgan fingerprint density at radius 2 is 1.03 bits per heavy atom. The van der Waals surface area contributed by atoms with Gasteiger partial charge in [-0.05, 0) is 101 Å². The molecule has 0 saturated carbocycles. The average molecular weight is 945 g/mol. The molecular weight excluding hydrogens is 893 g/mol. The number of terminal acetylenes is 1. The molecule has 12 heteroatoms. The molecule has 3 amide bonds. The number of benzene rings is 7. The Balaban J connectivity index is 1.01. The van der Waals surface area contributed by atoms with Crippen molar-refractivity contribution in [3.63, 3.8) is 0 Å². The topological polar surface area (TPSA) is 156 Å². The molecule has 1 aliphatic carbocycles. The quantitative estimate of drug-likeness (QED) is 0.0446. The molecule has 1 atom stereocenters. The van der Waals surface area contributed by atoms with Crippen LogP contribution in [0.1, 0.15) is 67.5 Å². The predicted molar refractivity (Wildman–Crippen MR) is 274 cm³/mol. The number of guanidine groups is 1. The molecule has 0 fully saturated rings. The highest BCUT2D eigenvalue weighted by Crippen LogP contribution is 2.45. The summed E-state index contributed by atoms with van der Waals surface area (Å²) < 4.78 is 17.7. The third-order valence-electron chi connectivity index (χ3n) is 12.3. The van der Waals surface area contributed by atoms with E-state index >= 15 is 0 Å². The Hall–Kier alpha value is -8.95. The third kappa shape index (κ3) is 11.3. The standard InChI is InChI=1S/C59H52N4O8/c1-6-37-63(57(68)69-38-51-49-23-15-13-21-47(49)48-22-14-16-24-50(48)51)52(53(64)65)43-29-35-46(36-30-43)60-54(61-55(66)70-58(2,3)44-31-25-41(26-32-44)39-17-9-7-10-18-39)62-56(67)71-59(4,5)45-33-27-42(28-34-45)40-19-11-8-12-20-40/h1,7-36,51-52H,37-38H2,2-5H3,(H,64,65)(H2,60,61,62,66,67). The first kappa shape index (κ1) is 48.5. The number of carbonyl (C=O) groups excluding carboxylic acids is 3. The van der Waals surface area contributed by atoms with E-state index in [4.69, 9.17) is 20.6 Å². The van der Waals surface area contributed by atoms with Gasteiger partial charge in [0.1, 0.15) is 17.8 Å². The Morgan fingerprint density at radius 3 is 1.46 bits per heavy atom. The van der Waals surface area contributed by atoms with Crippen LogP contribution in [0.3, 0.4) is 0 Å². The van der Waals surface area contributed by atoms with Crippen LogP contribution in [0.5, 0.6) is 0 Å². The van der Waals surface area contributed by atoms with Gasteiger partial charge in [-0.15, -0.1) is 6.42 Å². The van der Waals surface area contributed by atoms with Crippen LogP contribution in [0.25, 0.3) is 33.4 Å². The van der Waals surface area contributed by atoms with Crippen LogP contribution < -0.4 is 10.6 Å². The van der Waals surface area contributed by atoms with Gasteiger partial charge in [0.2, 0.25) is 5.96 Å². The van der Waals surface area contributed by atoms with Crippen LogP contribution in [0, 0.1) is 12.3 Å². The van der Waals surface area contributed by atoms with Crippen molar-refractivity contribution >= 4 is 35.9 Å². The van der Waals surface area contributed by atoms with E-state index in [2.05, 4.69) is 21.5 Å². The molecule has 1 aliphatic rings. The smallest absolute Gasteiger partial charge is 0.414 e. The third-order valence-corrected chi connectivity index (χ3v) is 12.3. The van der Waals surface area contributed by atoms with Gasteiger partial charge in [-0.25, -0.2) is 24.2 Å². The predicted octanol–water partition coefficient (Wildman–Crippen LogP) is 12.3. The Labute approximate surface area is 413 Å². The van der Waals surface area contributed by atoms with Crippen molar-refractivity contribution in [2.75, 3.05) is 13.2 Å². The number of rotatable bonds is 13. The summed E-state index contributed by atoms with van der Waals surface area (Å²) in [4.78, 5) is 59.6. The maximum Gasteiger partial charge on any atom is 0.414 e. The van der Waals surface area contributed by atoms with Crippen molar-refractivity contribution in [1.29, 1.82) is 0 Å². The second-order valence-electron chi connectivity index (χ2n) is 17.9. The second kappa shape index (κ2) is 21.1. The van der Waals surface area contributed by atoms with E-state index in [1.165, 1.54) is 24.3 Å². The molecule has 7 aromatic carbocycles. The van der Waals surface area contributed by atoms with Crippen LogP contribution in [-0.4, -0.2) is 53.4 Å². The molecule has 0 aliphatic heterocycles. The zero-order chi connectivity index (χ0) is 50.1. The fraction of sp³-hybridized carbons (Fsp3) is 0.169. The van der Waals surface area contributed by atoms with Crippen molar-refractivity contribution in [2.45, 2.75) is 50.9 Å². The summed E-state index contributed by atoms with van der Waals surface area (Å²) in [5, 5.41) is 15.7. The summed E-state index contributed by atoms with van der Waals surface area (Å²) in [6.07, 6.45) is 2.90. The summed E-state index contributed by atoms with van der Waals surface area (Å²) in [7, 11) is 0.